The van der Waals surface area contributed by atoms with E-state index >= 15 is 0 Å². The van der Waals surface area contributed by atoms with Crippen LogP contribution in [0.15, 0.2) is 12.7 Å². The summed E-state index contributed by atoms with van der Waals surface area (Å²) in [7, 11) is -3.52. The smallest absolute Gasteiger partial charge is 0.283 e. The zero-order valence-corrected chi connectivity index (χ0v) is 12.5. The van der Waals surface area contributed by atoms with Gasteiger partial charge >= 0.3 is 7.82 Å². The molecular formula is C12H23O4P. The van der Waals surface area contributed by atoms with E-state index in [4.69, 9.17) is 13.6 Å². The van der Waals surface area contributed by atoms with Crippen molar-refractivity contribution in [1.82, 2.24) is 0 Å². The van der Waals surface area contributed by atoms with Gasteiger partial charge in [-0.3, -0.25) is 13.6 Å². The molecule has 1 aliphatic heterocycles. The minimum Gasteiger partial charge on any atom is -0.283 e. The Bertz CT molecular complexity index is 334. The van der Waals surface area contributed by atoms with Crippen molar-refractivity contribution in [1.29, 1.82) is 0 Å². The molecule has 4 nitrogen and oxygen atoms in total. The van der Waals surface area contributed by atoms with Crippen LogP contribution in [0.1, 0.15) is 41.5 Å². The summed E-state index contributed by atoms with van der Waals surface area (Å²) in [5.74, 6) is 0. The van der Waals surface area contributed by atoms with E-state index in [1.165, 1.54) is 6.08 Å². The molecule has 0 aromatic carbocycles. The highest BCUT2D eigenvalue weighted by Crippen LogP contribution is 2.66. The summed E-state index contributed by atoms with van der Waals surface area (Å²) >= 11 is 0. The Morgan fingerprint density at radius 2 is 1.53 bits per heavy atom. The van der Waals surface area contributed by atoms with Crippen molar-refractivity contribution in [3.8, 4) is 0 Å². The van der Waals surface area contributed by atoms with Gasteiger partial charge in [0.1, 0.15) is 0 Å². The van der Waals surface area contributed by atoms with Crippen LogP contribution in [0.3, 0.4) is 0 Å². The molecule has 0 bridgehead atoms. The van der Waals surface area contributed by atoms with Gasteiger partial charge in [0.05, 0.1) is 17.8 Å². The molecule has 0 atom stereocenters. The summed E-state index contributed by atoms with van der Waals surface area (Å²) < 4.78 is 28.7. The molecule has 0 radical (unpaired) electrons. The van der Waals surface area contributed by atoms with Crippen LogP contribution in [-0.2, 0) is 18.1 Å². The monoisotopic (exact) mass is 262 g/mol. The minimum absolute atomic E-state index is 0.143. The van der Waals surface area contributed by atoms with Gasteiger partial charge in [-0.2, -0.15) is 0 Å². The zero-order valence-electron chi connectivity index (χ0n) is 11.6. The Hall–Kier alpha value is -0.150. The van der Waals surface area contributed by atoms with E-state index in [0.29, 0.717) is 0 Å². The van der Waals surface area contributed by atoms with Crippen LogP contribution in [0.4, 0.5) is 0 Å². The number of hydrogen-bond acceptors (Lipinski definition) is 4. The van der Waals surface area contributed by atoms with Crippen LogP contribution in [0.5, 0.6) is 0 Å². The number of hydrogen-bond donors (Lipinski definition) is 0. The lowest BCUT2D eigenvalue weighted by Crippen LogP contribution is -2.58. The molecule has 0 aliphatic carbocycles. The SMILES string of the molecule is C=CCOP1(=O)OC(C)(C)C(C)(C)C(C)(C)O1. The van der Waals surface area contributed by atoms with E-state index in [-0.39, 0.29) is 12.0 Å². The first kappa shape index (κ1) is 14.9. The Labute approximate surface area is 104 Å². The normalized spacial score (nSPS) is 28.6. The zero-order chi connectivity index (χ0) is 13.5. The molecular weight excluding hydrogens is 239 g/mol. The highest BCUT2D eigenvalue weighted by Gasteiger charge is 2.60. The average molecular weight is 262 g/mol. The summed E-state index contributed by atoms with van der Waals surface area (Å²) in [6.45, 7) is 15.3. The second kappa shape index (κ2) is 4.20. The van der Waals surface area contributed by atoms with E-state index in [9.17, 15) is 4.57 Å². The van der Waals surface area contributed by atoms with Crippen molar-refractivity contribution < 1.29 is 18.1 Å². The van der Waals surface area contributed by atoms with Crippen molar-refractivity contribution >= 4 is 7.82 Å². The lowest BCUT2D eigenvalue weighted by Gasteiger charge is -2.55. The first-order chi connectivity index (χ1) is 7.47. The largest absolute Gasteiger partial charge is 0.476 e. The second-order valence-electron chi connectivity index (χ2n) is 5.86. The Morgan fingerprint density at radius 1 is 1.12 bits per heavy atom. The highest BCUT2D eigenvalue weighted by molar-refractivity contribution is 7.48. The molecule has 0 saturated carbocycles. The molecule has 1 rings (SSSR count). The summed E-state index contributed by atoms with van der Waals surface area (Å²) in [5, 5.41) is 0. The lowest BCUT2D eigenvalue weighted by molar-refractivity contribution is -0.185. The van der Waals surface area contributed by atoms with Gasteiger partial charge < -0.3 is 0 Å². The Morgan fingerprint density at radius 3 is 1.88 bits per heavy atom. The van der Waals surface area contributed by atoms with Crippen LogP contribution >= 0.6 is 7.82 Å². The quantitative estimate of drug-likeness (QED) is 0.571. The van der Waals surface area contributed by atoms with E-state index < -0.39 is 19.0 Å². The molecule has 1 heterocycles. The van der Waals surface area contributed by atoms with Crippen LogP contribution in [0.2, 0.25) is 0 Å². The second-order valence-corrected chi connectivity index (χ2v) is 7.38. The van der Waals surface area contributed by atoms with Gasteiger partial charge in [-0.15, -0.1) is 6.58 Å². The number of phosphoric acid groups is 1. The van der Waals surface area contributed by atoms with Gasteiger partial charge in [-0.1, -0.05) is 19.9 Å². The van der Waals surface area contributed by atoms with Gasteiger partial charge in [0.2, 0.25) is 0 Å². The van der Waals surface area contributed by atoms with E-state index in [0.717, 1.165) is 0 Å². The molecule has 0 aromatic heterocycles. The lowest BCUT2D eigenvalue weighted by atomic mass is 9.66. The number of rotatable bonds is 3. The molecule has 0 spiro atoms. The molecule has 100 valence electrons. The molecule has 0 unspecified atom stereocenters. The third kappa shape index (κ3) is 2.50. The van der Waals surface area contributed by atoms with Crippen molar-refractivity contribution in [2.45, 2.75) is 52.7 Å². The number of phosphoric ester groups is 1. The van der Waals surface area contributed by atoms with Crippen LogP contribution in [0, 0.1) is 5.41 Å². The molecule has 0 N–H and O–H groups in total. The minimum atomic E-state index is -3.52. The average Bonchev–Trinajstić information content (AvgIpc) is 2.10. The maximum absolute atomic E-state index is 12.4. The molecule has 0 amide bonds. The van der Waals surface area contributed by atoms with Gasteiger partial charge in [0, 0.05) is 5.41 Å². The summed E-state index contributed by atoms with van der Waals surface area (Å²) in [5.41, 5.74) is -1.51. The Kier molecular flexibility index (Phi) is 3.68. The van der Waals surface area contributed by atoms with E-state index in [1.807, 2.05) is 41.5 Å². The highest BCUT2D eigenvalue weighted by atomic mass is 31.2. The van der Waals surface area contributed by atoms with E-state index in [2.05, 4.69) is 6.58 Å². The van der Waals surface area contributed by atoms with Crippen molar-refractivity contribution in [2.75, 3.05) is 6.61 Å². The topological polar surface area (TPSA) is 44.8 Å². The van der Waals surface area contributed by atoms with Gasteiger partial charge in [0.25, 0.3) is 0 Å². The maximum atomic E-state index is 12.4. The molecule has 5 heteroatoms. The standard InChI is InChI=1S/C12H23O4P/c1-8-9-14-17(13)15-11(4,5)10(2,3)12(6,7)16-17/h8H,1,9H2,2-7H3. The van der Waals surface area contributed by atoms with Crippen molar-refractivity contribution in [2.24, 2.45) is 5.41 Å². The molecule has 17 heavy (non-hydrogen) atoms. The first-order valence-electron chi connectivity index (χ1n) is 5.74. The molecule has 1 aliphatic rings. The molecule has 1 fully saturated rings. The van der Waals surface area contributed by atoms with Crippen LogP contribution in [-0.4, -0.2) is 17.8 Å². The van der Waals surface area contributed by atoms with E-state index in [1.54, 1.807) is 0 Å². The fraction of sp³-hybridized carbons (Fsp3) is 0.833. The maximum Gasteiger partial charge on any atom is 0.476 e. The first-order valence-corrected chi connectivity index (χ1v) is 7.20. The van der Waals surface area contributed by atoms with Crippen LogP contribution in [0.25, 0.3) is 0 Å². The molecule has 1 saturated heterocycles. The third-order valence-corrected chi connectivity index (χ3v) is 5.87. The summed E-state index contributed by atoms with van der Waals surface area (Å²) in [6.07, 6.45) is 1.52. The van der Waals surface area contributed by atoms with Crippen molar-refractivity contribution in [3.05, 3.63) is 12.7 Å². The summed E-state index contributed by atoms with van der Waals surface area (Å²) in [4.78, 5) is 0. The molecule has 0 aromatic rings. The van der Waals surface area contributed by atoms with Crippen molar-refractivity contribution in [3.63, 3.8) is 0 Å². The van der Waals surface area contributed by atoms with Gasteiger partial charge in [-0.25, -0.2) is 4.57 Å². The third-order valence-electron chi connectivity index (χ3n) is 4.04. The summed E-state index contributed by atoms with van der Waals surface area (Å²) in [6, 6.07) is 0. The fourth-order valence-corrected chi connectivity index (χ4v) is 3.73. The van der Waals surface area contributed by atoms with Crippen LogP contribution < -0.4 is 0 Å². The van der Waals surface area contributed by atoms with Gasteiger partial charge in [-0.05, 0) is 27.7 Å². The fourth-order valence-electron chi connectivity index (χ4n) is 1.73. The van der Waals surface area contributed by atoms with Gasteiger partial charge in [0.15, 0.2) is 0 Å². The predicted octanol–water partition coefficient (Wildman–Crippen LogP) is 3.93. The Balaban J connectivity index is 3.07. The predicted molar refractivity (Wildman–Crippen MR) is 67.9 cm³/mol.